The van der Waals surface area contributed by atoms with Crippen LogP contribution in [0.3, 0.4) is 0 Å². The van der Waals surface area contributed by atoms with Crippen LogP contribution in [0.4, 0.5) is 4.79 Å². The van der Waals surface area contributed by atoms with Gasteiger partial charge in [-0.1, -0.05) is 12.1 Å². The van der Waals surface area contributed by atoms with Gasteiger partial charge in [0.25, 0.3) is 0 Å². The number of aliphatic hydroxyl groups is 1. The Labute approximate surface area is 125 Å². The maximum atomic E-state index is 11.6. The topological polar surface area (TPSA) is 84.8 Å². The average Bonchev–Trinajstić information content (AvgIpc) is 2.44. The van der Waals surface area contributed by atoms with Crippen LogP contribution >= 0.6 is 0 Å². The SMILES string of the molecule is CC(C)N(C)CCNC(=O)NCC(O)c1cccc(O)c1. The fourth-order valence-electron chi connectivity index (χ4n) is 1.71. The molecule has 0 bridgehead atoms. The Hall–Kier alpha value is -1.79. The van der Waals surface area contributed by atoms with Gasteiger partial charge in [0, 0.05) is 25.7 Å². The van der Waals surface area contributed by atoms with Gasteiger partial charge in [-0.05, 0) is 38.6 Å². The predicted molar refractivity (Wildman–Crippen MR) is 82.2 cm³/mol. The summed E-state index contributed by atoms with van der Waals surface area (Å²) in [5.74, 6) is 0.0905. The van der Waals surface area contributed by atoms with Gasteiger partial charge >= 0.3 is 6.03 Å². The largest absolute Gasteiger partial charge is 0.508 e. The highest BCUT2D eigenvalue weighted by atomic mass is 16.3. The molecule has 0 aliphatic rings. The molecule has 0 radical (unpaired) electrons. The van der Waals surface area contributed by atoms with Crippen molar-refractivity contribution in [2.45, 2.75) is 26.0 Å². The zero-order chi connectivity index (χ0) is 15.8. The van der Waals surface area contributed by atoms with Crippen LogP contribution in [0.2, 0.25) is 0 Å². The Bertz CT molecular complexity index is 452. The summed E-state index contributed by atoms with van der Waals surface area (Å²) in [7, 11) is 2.00. The minimum Gasteiger partial charge on any atom is -0.508 e. The van der Waals surface area contributed by atoms with E-state index in [2.05, 4.69) is 29.4 Å². The summed E-state index contributed by atoms with van der Waals surface area (Å²) in [5.41, 5.74) is 0.565. The molecule has 0 saturated heterocycles. The molecule has 6 nitrogen and oxygen atoms in total. The number of nitrogens with zero attached hydrogens (tertiary/aromatic N) is 1. The third-order valence-electron chi connectivity index (χ3n) is 3.34. The van der Waals surface area contributed by atoms with Crippen LogP contribution in [0.5, 0.6) is 5.75 Å². The van der Waals surface area contributed by atoms with Crippen LogP contribution in [-0.4, -0.2) is 53.9 Å². The number of likely N-dealkylation sites (N-methyl/N-ethyl adjacent to an activating group) is 1. The number of urea groups is 1. The van der Waals surface area contributed by atoms with Gasteiger partial charge in [0.15, 0.2) is 0 Å². The highest BCUT2D eigenvalue weighted by molar-refractivity contribution is 5.73. The van der Waals surface area contributed by atoms with Gasteiger partial charge in [0.05, 0.1) is 6.10 Å². The molecule has 2 amide bonds. The minimum absolute atomic E-state index is 0.0905. The molecule has 0 aromatic heterocycles. The van der Waals surface area contributed by atoms with Gasteiger partial charge < -0.3 is 25.7 Å². The number of hydrogen-bond donors (Lipinski definition) is 4. The summed E-state index contributed by atoms with van der Waals surface area (Å²) in [6.07, 6.45) is -0.846. The molecule has 1 atom stereocenters. The zero-order valence-electron chi connectivity index (χ0n) is 12.8. The van der Waals surface area contributed by atoms with Crippen LogP contribution in [0.15, 0.2) is 24.3 Å². The zero-order valence-corrected chi connectivity index (χ0v) is 12.8. The number of carbonyl (C=O) groups is 1. The molecule has 118 valence electrons. The molecule has 0 spiro atoms. The molecule has 6 heteroatoms. The molecule has 0 saturated carbocycles. The van der Waals surface area contributed by atoms with E-state index in [9.17, 15) is 15.0 Å². The molecule has 1 unspecified atom stereocenters. The summed E-state index contributed by atoms with van der Waals surface area (Å²) in [4.78, 5) is 13.7. The van der Waals surface area contributed by atoms with Crippen molar-refractivity contribution in [3.8, 4) is 5.75 Å². The van der Waals surface area contributed by atoms with Crippen molar-refractivity contribution in [3.63, 3.8) is 0 Å². The molecule has 0 aliphatic carbocycles. The first kappa shape index (κ1) is 17.3. The number of nitrogens with one attached hydrogen (secondary N) is 2. The lowest BCUT2D eigenvalue weighted by molar-refractivity contribution is 0.172. The van der Waals surface area contributed by atoms with E-state index < -0.39 is 6.10 Å². The third kappa shape index (κ3) is 6.46. The van der Waals surface area contributed by atoms with Gasteiger partial charge in [-0.15, -0.1) is 0 Å². The second-order valence-corrected chi connectivity index (χ2v) is 5.32. The van der Waals surface area contributed by atoms with E-state index in [1.165, 1.54) is 12.1 Å². The highest BCUT2D eigenvalue weighted by Crippen LogP contribution is 2.17. The third-order valence-corrected chi connectivity index (χ3v) is 3.34. The van der Waals surface area contributed by atoms with E-state index in [1.807, 2.05) is 7.05 Å². The summed E-state index contributed by atoms with van der Waals surface area (Å²) in [6.45, 7) is 5.58. The van der Waals surface area contributed by atoms with E-state index >= 15 is 0 Å². The lowest BCUT2D eigenvalue weighted by Gasteiger charge is -2.21. The van der Waals surface area contributed by atoms with Gasteiger partial charge in [-0.2, -0.15) is 0 Å². The Morgan fingerprint density at radius 1 is 1.33 bits per heavy atom. The summed E-state index contributed by atoms with van der Waals surface area (Å²) in [5, 5.41) is 24.6. The molecular weight excluding hydrogens is 270 g/mol. The number of phenols is 1. The molecule has 0 fully saturated rings. The van der Waals surface area contributed by atoms with Crippen LogP contribution in [0.1, 0.15) is 25.5 Å². The van der Waals surface area contributed by atoms with E-state index in [0.29, 0.717) is 18.2 Å². The Kier molecular flexibility index (Phi) is 6.98. The first-order valence-electron chi connectivity index (χ1n) is 7.09. The average molecular weight is 295 g/mol. The number of hydrogen-bond acceptors (Lipinski definition) is 4. The van der Waals surface area contributed by atoms with Crippen molar-refractivity contribution in [2.24, 2.45) is 0 Å². The van der Waals surface area contributed by atoms with Crippen LogP contribution in [0, 0.1) is 0 Å². The van der Waals surface area contributed by atoms with Crippen LogP contribution in [0.25, 0.3) is 0 Å². The number of aliphatic hydroxyl groups excluding tert-OH is 1. The summed E-state index contributed by atoms with van der Waals surface area (Å²) < 4.78 is 0. The van der Waals surface area contributed by atoms with Crippen molar-refractivity contribution < 1.29 is 15.0 Å². The van der Waals surface area contributed by atoms with Gasteiger partial charge in [0.2, 0.25) is 0 Å². The fourth-order valence-corrected chi connectivity index (χ4v) is 1.71. The monoisotopic (exact) mass is 295 g/mol. The Morgan fingerprint density at radius 3 is 2.67 bits per heavy atom. The smallest absolute Gasteiger partial charge is 0.314 e. The molecule has 21 heavy (non-hydrogen) atoms. The molecule has 1 rings (SSSR count). The predicted octanol–water partition coefficient (Wildman–Crippen LogP) is 1.06. The molecule has 1 aromatic carbocycles. The maximum absolute atomic E-state index is 11.6. The highest BCUT2D eigenvalue weighted by Gasteiger charge is 2.10. The quantitative estimate of drug-likeness (QED) is 0.606. The number of rotatable bonds is 7. The lowest BCUT2D eigenvalue weighted by atomic mass is 10.1. The Balaban J connectivity index is 2.26. The first-order chi connectivity index (χ1) is 9.90. The summed E-state index contributed by atoms with van der Waals surface area (Å²) >= 11 is 0. The summed E-state index contributed by atoms with van der Waals surface area (Å²) in [6, 6.07) is 6.47. The minimum atomic E-state index is -0.846. The molecule has 4 N–H and O–H groups in total. The number of benzene rings is 1. The van der Waals surface area contributed by atoms with Gasteiger partial charge in [-0.3, -0.25) is 0 Å². The van der Waals surface area contributed by atoms with Crippen LogP contribution in [-0.2, 0) is 0 Å². The van der Waals surface area contributed by atoms with Crippen molar-refractivity contribution in [2.75, 3.05) is 26.7 Å². The normalized spacial score (nSPS) is 12.5. The van der Waals surface area contributed by atoms with E-state index in [1.54, 1.807) is 12.1 Å². The van der Waals surface area contributed by atoms with Crippen molar-refractivity contribution in [1.82, 2.24) is 15.5 Å². The number of phenolic OH excluding ortho intramolecular Hbond substituents is 1. The molecule has 0 heterocycles. The van der Waals surface area contributed by atoms with Crippen molar-refractivity contribution in [3.05, 3.63) is 29.8 Å². The lowest BCUT2D eigenvalue weighted by Crippen LogP contribution is -2.42. The van der Waals surface area contributed by atoms with Crippen molar-refractivity contribution >= 4 is 6.03 Å². The molecule has 0 aliphatic heterocycles. The fraction of sp³-hybridized carbons (Fsp3) is 0.533. The molecular formula is C15H25N3O3. The van der Waals surface area contributed by atoms with Crippen molar-refractivity contribution in [1.29, 1.82) is 0 Å². The molecule has 1 aromatic rings. The first-order valence-corrected chi connectivity index (χ1v) is 7.09. The van der Waals surface area contributed by atoms with Gasteiger partial charge in [0.1, 0.15) is 5.75 Å². The Morgan fingerprint density at radius 2 is 2.05 bits per heavy atom. The van der Waals surface area contributed by atoms with E-state index in [-0.39, 0.29) is 18.3 Å². The maximum Gasteiger partial charge on any atom is 0.314 e. The van der Waals surface area contributed by atoms with Crippen LogP contribution < -0.4 is 10.6 Å². The standard InChI is InChI=1S/C15H25N3O3/c1-11(2)18(3)8-7-16-15(21)17-10-14(20)12-5-4-6-13(19)9-12/h4-6,9,11,14,19-20H,7-8,10H2,1-3H3,(H2,16,17,21). The second-order valence-electron chi connectivity index (χ2n) is 5.32. The van der Waals surface area contributed by atoms with E-state index in [0.717, 1.165) is 6.54 Å². The number of amides is 2. The van der Waals surface area contributed by atoms with E-state index in [4.69, 9.17) is 0 Å². The number of aromatic hydroxyl groups is 1. The number of carbonyl (C=O) groups excluding carboxylic acids is 1. The van der Waals surface area contributed by atoms with Gasteiger partial charge in [-0.25, -0.2) is 4.79 Å². The second kappa shape index (κ2) is 8.49.